The predicted molar refractivity (Wildman–Crippen MR) is 128 cm³/mol. The van der Waals surface area contributed by atoms with E-state index in [-0.39, 0.29) is 17.4 Å². The first-order valence-corrected chi connectivity index (χ1v) is 10.8. The predicted octanol–water partition coefficient (Wildman–Crippen LogP) is 4.07. The fourth-order valence-electron chi connectivity index (χ4n) is 4.19. The molecule has 0 aliphatic carbocycles. The first-order valence-electron chi connectivity index (χ1n) is 10.8. The molecule has 2 amide bonds. The van der Waals surface area contributed by atoms with Gasteiger partial charge in [0.15, 0.2) is 0 Å². The van der Waals surface area contributed by atoms with E-state index in [0.29, 0.717) is 46.6 Å². The average molecular weight is 438 g/mol. The molecule has 0 bridgehead atoms. The lowest BCUT2D eigenvalue weighted by atomic mass is 10.1. The smallest absolute Gasteiger partial charge is 0.265 e. The number of nitrogens with zero attached hydrogens (tertiary/aromatic N) is 3. The zero-order valence-corrected chi connectivity index (χ0v) is 18.1. The molecule has 164 valence electrons. The standard InChI is InChI=1S/C26H22N4O3/c1-17-27-23-9-3-2-8-22(23)26(33)30(17)20-13-11-18(12-14-20)25(32)28-19-6-4-7-21(16-19)29-15-5-10-24(29)31/h2-4,6-9,11-14,16H,5,10,15H2,1H3,(H,28,32). The van der Waals surface area contributed by atoms with E-state index in [4.69, 9.17) is 0 Å². The molecule has 0 spiro atoms. The third-order valence-corrected chi connectivity index (χ3v) is 5.82. The van der Waals surface area contributed by atoms with Gasteiger partial charge in [0, 0.05) is 29.9 Å². The van der Waals surface area contributed by atoms with Gasteiger partial charge in [-0.05, 0) is 67.9 Å². The van der Waals surface area contributed by atoms with Crippen LogP contribution in [0.3, 0.4) is 0 Å². The zero-order valence-electron chi connectivity index (χ0n) is 18.1. The summed E-state index contributed by atoms with van der Waals surface area (Å²) < 4.78 is 1.54. The molecule has 33 heavy (non-hydrogen) atoms. The second kappa shape index (κ2) is 8.35. The van der Waals surface area contributed by atoms with Crippen LogP contribution in [-0.2, 0) is 4.79 Å². The molecule has 1 aliphatic rings. The molecule has 1 N–H and O–H groups in total. The molecule has 1 fully saturated rings. The fourth-order valence-corrected chi connectivity index (χ4v) is 4.19. The Kier molecular flexibility index (Phi) is 5.22. The summed E-state index contributed by atoms with van der Waals surface area (Å²) in [5, 5.41) is 3.43. The summed E-state index contributed by atoms with van der Waals surface area (Å²) in [7, 11) is 0. The van der Waals surface area contributed by atoms with Crippen molar-refractivity contribution >= 4 is 34.1 Å². The van der Waals surface area contributed by atoms with Gasteiger partial charge in [0.25, 0.3) is 11.5 Å². The third-order valence-electron chi connectivity index (χ3n) is 5.82. The number of fused-ring (bicyclic) bond motifs is 1. The van der Waals surface area contributed by atoms with Crippen LogP contribution in [0.5, 0.6) is 0 Å². The lowest BCUT2D eigenvalue weighted by molar-refractivity contribution is -0.117. The van der Waals surface area contributed by atoms with Crippen molar-refractivity contribution in [2.45, 2.75) is 19.8 Å². The number of para-hydroxylation sites is 1. The number of nitrogens with one attached hydrogen (secondary N) is 1. The number of hydrogen-bond acceptors (Lipinski definition) is 4. The van der Waals surface area contributed by atoms with Gasteiger partial charge >= 0.3 is 0 Å². The molecule has 7 nitrogen and oxygen atoms in total. The van der Waals surface area contributed by atoms with Crippen molar-refractivity contribution < 1.29 is 9.59 Å². The quantitative estimate of drug-likeness (QED) is 0.521. The van der Waals surface area contributed by atoms with Crippen LogP contribution in [-0.4, -0.2) is 27.9 Å². The van der Waals surface area contributed by atoms with Gasteiger partial charge in [-0.2, -0.15) is 0 Å². The molecule has 1 aliphatic heterocycles. The largest absolute Gasteiger partial charge is 0.322 e. The topological polar surface area (TPSA) is 84.3 Å². The van der Waals surface area contributed by atoms with Crippen LogP contribution >= 0.6 is 0 Å². The summed E-state index contributed by atoms with van der Waals surface area (Å²) in [6, 6.07) is 21.4. The molecule has 0 atom stereocenters. The average Bonchev–Trinajstić information content (AvgIpc) is 3.25. The summed E-state index contributed by atoms with van der Waals surface area (Å²) in [5.74, 6) is 0.402. The summed E-state index contributed by atoms with van der Waals surface area (Å²) in [6.45, 7) is 2.48. The van der Waals surface area contributed by atoms with Gasteiger partial charge in [-0.15, -0.1) is 0 Å². The molecule has 0 radical (unpaired) electrons. The van der Waals surface area contributed by atoms with Crippen molar-refractivity contribution in [3.05, 3.63) is 94.5 Å². The second-order valence-electron chi connectivity index (χ2n) is 8.02. The minimum absolute atomic E-state index is 0.0998. The van der Waals surface area contributed by atoms with Crippen molar-refractivity contribution in [3.63, 3.8) is 0 Å². The molecule has 0 unspecified atom stereocenters. The van der Waals surface area contributed by atoms with Gasteiger partial charge in [-0.25, -0.2) is 4.98 Å². The molecule has 4 aromatic rings. The van der Waals surface area contributed by atoms with Crippen molar-refractivity contribution in [2.24, 2.45) is 0 Å². The van der Waals surface area contributed by atoms with Crippen molar-refractivity contribution in [1.29, 1.82) is 0 Å². The molecule has 3 aromatic carbocycles. The van der Waals surface area contributed by atoms with E-state index in [1.807, 2.05) is 30.3 Å². The van der Waals surface area contributed by atoms with Crippen LogP contribution < -0.4 is 15.8 Å². The number of carbonyl (C=O) groups excluding carboxylic acids is 2. The van der Waals surface area contributed by atoms with Crippen molar-refractivity contribution in [3.8, 4) is 5.69 Å². The monoisotopic (exact) mass is 438 g/mol. The molecular weight excluding hydrogens is 416 g/mol. The minimum Gasteiger partial charge on any atom is -0.322 e. The third kappa shape index (κ3) is 3.89. The number of rotatable bonds is 4. The minimum atomic E-state index is -0.271. The number of aryl methyl sites for hydroxylation is 1. The number of carbonyl (C=O) groups is 2. The Bertz CT molecular complexity index is 1440. The van der Waals surface area contributed by atoms with E-state index in [1.54, 1.807) is 58.9 Å². The summed E-state index contributed by atoms with van der Waals surface area (Å²) in [4.78, 5) is 44.1. The number of aromatic nitrogens is 2. The molecule has 1 saturated heterocycles. The molecule has 7 heteroatoms. The van der Waals surface area contributed by atoms with E-state index >= 15 is 0 Å². The van der Waals surface area contributed by atoms with E-state index in [2.05, 4.69) is 10.3 Å². The van der Waals surface area contributed by atoms with Gasteiger partial charge in [0.1, 0.15) is 5.82 Å². The van der Waals surface area contributed by atoms with Crippen LogP contribution in [0.25, 0.3) is 16.6 Å². The molecule has 5 rings (SSSR count). The summed E-state index contributed by atoms with van der Waals surface area (Å²) >= 11 is 0. The summed E-state index contributed by atoms with van der Waals surface area (Å²) in [6.07, 6.45) is 1.40. The highest BCUT2D eigenvalue weighted by Crippen LogP contribution is 2.24. The van der Waals surface area contributed by atoms with Crippen molar-refractivity contribution in [1.82, 2.24) is 9.55 Å². The Morgan fingerprint density at radius 1 is 0.939 bits per heavy atom. The van der Waals surface area contributed by atoms with Crippen LogP contribution in [0.15, 0.2) is 77.6 Å². The fraction of sp³-hybridized carbons (Fsp3) is 0.154. The maximum Gasteiger partial charge on any atom is 0.265 e. The van der Waals surface area contributed by atoms with Gasteiger partial charge in [0.2, 0.25) is 5.91 Å². The Morgan fingerprint density at radius 3 is 2.48 bits per heavy atom. The maximum atomic E-state index is 13.0. The highest BCUT2D eigenvalue weighted by Gasteiger charge is 2.22. The van der Waals surface area contributed by atoms with Crippen LogP contribution in [0.1, 0.15) is 29.0 Å². The lowest BCUT2D eigenvalue weighted by Crippen LogP contribution is -2.23. The highest BCUT2D eigenvalue weighted by atomic mass is 16.2. The number of anilines is 2. The van der Waals surface area contributed by atoms with Gasteiger partial charge in [-0.1, -0.05) is 18.2 Å². The summed E-state index contributed by atoms with van der Waals surface area (Å²) in [5.41, 5.74) is 3.01. The van der Waals surface area contributed by atoms with E-state index in [9.17, 15) is 14.4 Å². The second-order valence-corrected chi connectivity index (χ2v) is 8.02. The normalized spacial score (nSPS) is 13.5. The SMILES string of the molecule is Cc1nc2ccccc2c(=O)n1-c1ccc(C(=O)Nc2cccc(N3CCCC3=O)c2)cc1. The first-order chi connectivity index (χ1) is 16.0. The number of hydrogen-bond donors (Lipinski definition) is 1. The van der Waals surface area contributed by atoms with Crippen LogP contribution in [0, 0.1) is 6.92 Å². The van der Waals surface area contributed by atoms with E-state index in [0.717, 1.165) is 12.1 Å². The van der Waals surface area contributed by atoms with Crippen molar-refractivity contribution in [2.75, 3.05) is 16.8 Å². The Labute approximate surface area is 190 Å². The van der Waals surface area contributed by atoms with Gasteiger partial charge < -0.3 is 10.2 Å². The van der Waals surface area contributed by atoms with Crippen LogP contribution in [0.4, 0.5) is 11.4 Å². The van der Waals surface area contributed by atoms with E-state index < -0.39 is 0 Å². The zero-order chi connectivity index (χ0) is 22.9. The Balaban J connectivity index is 1.38. The Morgan fingerprint density at radius 2 is 1.73 bits per heavy atom. The highest BCUT2D eigenvalue weighted by molar-refractivity contribution is 6.05. The molecule has 2 heterocycles. The van der Waals surface area contributed by atoms with E-state index in [1.165, 1.54) is 0 Å². The maximum absolute atomic E-state index is 13.0. The molecule has 0 saturated carbocycles. The Hall–Kier alpha value is -4.26. The number of benzene rings is 3. The molecular formula is C26H22N4O3. The first kappa shape index (κ1) is 20.6. The molecule has 1 aromatic heterocycles. The van der Waals surface area contributed by atoms with Gasteiger partial charge in [0.05, 0.1) is 16.6 Å². The number of amides is 2. The lowest BCUT2D eigenvalue weighted by Gasteiger charge is -2.17. The van der Waals surface area contributed by atoms with Crippen LogP contribution in [0.2, 0.25) is 0 Å². The van der Waals surface area contributed by atoms with Gasteiger partial charge in [-0.3, -0.25) is 19.0 Å².